The molecule has 1 aromatic rings. The molecule has 2 aliphatic heterocycles. The van der Waals surface area contributed by atoms with Crippen molar-refractivity contribution in [1.82, 2.24) is 14.7 Å². The Morgan fingerprint density at radius 1 is 1.30 bits per heavy atom. The fraction of sp³-hybridized carbons (Fsp3) is 0.824. The summed E-state index contributed by atoms with van der Waals surface area (Å²) in [6, 6.07) is 1.97. The first-order valence-electron chi connectivity index (χ1n) is 8.87. The number of rotatable bonds is 8. The topological polar surface area (TPSA) is 59.8 Å². The second kappa shape index (κ2) is 8.78. The average Bonchev–Trinajstić information content (AvgIpc) is 3.23. The van der Waals surface area contributed by atoms with Gasteiger partial charge in [-0.25, -0.2) is 0 Å². The van der Waals surface area contributed by atoms with Crippen LogP contribution < -0.4 is 0 Å². The Labute approximate surface area is 138 Å². The lowest BCUT2D eigenvalue weighted by atomic mass is 9.96. The number of aliphatic hydroxyl groups excluding tert-OH is 1. The molecule has 1 aromatic heterocycles. The highest BCUT2D eigenvalue weighted by molar-refractivity contribution is 4.80. The molecule has 2 saturated heterocycles. The van der Waals surface area contributed by atoms with Gasteiger partial charge in [0.15, 0.2) is 0 Å². The number of nitrogens with zero attached hydrogens (tertiary/aromatic N) is 3. The van der Waals surface area contributed by atoms with E-state index in [2.05, 4.69) is 10.00 Å². The summed E-state index contributed by atoms with van der Waals surface area (Å²) in [4.78, 5) is 2.35. The molecule has 2 aliphatic rings. The van der Waals surface area contributed by atoms with Crippen molar-refractivity contribution in [1.29, 1.82) is 0 Å². The normalized spacial score (nSPS) is 25.0. The van der Waals surface area contributed by atoms with E-state index in [0.29, 0.717) is 25.7 Å². The van der Waals surface area contributed by atoms with Crippen LogP contribution in [-0.2, 0) is 16.0 Å². The summed E-state index contributed by atoms with van der Waals surface area (Å²) in [5.41, 5.74) is 0. The first-order chi connectivity index (χ1) is 11.3. The van der Waals surface area contributed by atoms with Gasteiger partial charge in [-0.05, 0) is 50.8 Å². The summed E-state index contributed by atoms with van der Waals surface area (Å²) >= 11 is 0. The van der Waals surface area contributed by atoms with Crippen LogP contribution in [0.4, 0.5) is 0 Å². The number of hydrogen-bond acceptors (Lipinski definition) is 5. The van der Waals surface area contributed by atoms with E-state index in [1.165, 1.54) is 12.8 Å². The number of likely N-dealkylation sites (tertiary alicyclic amines) is 1. The lowest BCUT2D eigenvalue weighted by molar-refractivity contribution is -0.0276. The van der Waals surface area contributed by atoms with E-state index in [1.54, 1.807) is 0 Å². The molecule has 0 amide bonds. The van der Waals surface area contributed by atoms with Crippen molar-refractivity contribution in [2.75, 3.05) is 39.5 Å². The highest BCUT2D eigenvalue weighted by atomic mass is 16.5. The SMILES string of the molecule is O[C@H](COC[C@@H]1CCCO1)CN1CCC(Cn2cccn2)CC1. The van der Waals surface area contributed by atoms with Gasteiger partial charge < -0.3 is 19.5 Å². The van der Waals surface area contributed by atoms with Crippen molar-refractivity contribution in [2.24, 2.45) is 5.92 Å². The second-order valence-corrected chi connectivity index (χ2v) is 6.80. The lowest BCUT2D eigenvalue weighted by Gasteiger charge is -2.33. The molecule has 0 saturated carbocycles. The van der Waals surface area contributed by atoms with E-state index in [4.69, 9.17) is 9.47 Å². The van der Waals surface area contributed by atoms with E-state index >= 15 is 0 Å². The van der Waals surface area contributed by atoms with Gasteiger partial charge in [-0.15, -0.1) is 0 Å². The maximum absolute atomic E-state index is 10.1. The van der Waals surface area contributed by atoms with Gasteiger partial charge in [0, 0.05) is 32.1 Å². The Morgan fingerprint density at radius 2 is 2.17 bits per heavy atom. The summed E-state index contributed by atoms with van der Waals surface area (Å²) in [6.07, 6.45) is 8.25. The maximum Gasteiger partial charge on any atom is 0.0900 e. The minimum Gasteiger partial charge on any atom is -0.389 e. The van der Waals surface area contributed by atoms with Crippen LogP contribution in [0.5, 0.6) is 0 Å². The Kier molecular flexibility index (Phi) is 6.45. The Bertz CT molecular complexity index is 426. The summed E-state index contributed by atoms with van der Waals surface area (Å²) in [5.74, 6) is 0.694. The maximum atomic E-state index is 10.1. The molecule has 1 N–H and O–H groups in total. The molecular formula is C17H29N3O3. The van der Waals surface area contributed by atoms with Crippen LogP contribution in [0, 0.1) is 5.92 Å². The van der Waals surface area contributed by atoms with E-state index in [0.717, 1.165) is 39.1 Å². The Hall–Kier alpha value is -0.950. The van der Waals surface area contributed by atoms with Crippen molar-refractivity contribution in [3.8, 4) is 0 Å². The van der Waals surface area contributed by atoms with Gasteiger partial charge in [-0.3, -0.25) is 4.68 Å². The largest absolute Gasteiger partial charge is 0.389 e. The smallest absolute Gasteiger partial charge is 0.0900 e. The van der Waals surface area contributed by atoms with Crippen LogP contribution in [0.1, 0.15) is 25.7 Å². The van der Waals surface area contributed by atoms with Crippen LogP contribution >= 0.6 is 0 Å². The molecule has 0 bridgehead atoms. The summed E-state index contributed by atoms with van der Waals surface area (Å²) < 4.78 is 13.1. The second-order valence-electron chi connectivity index (χ2n) is 6.80. The van der Waals surface area contributed by atoms with E-state index in [-0.39, 0.29) is 6.10 Å². The molecule has 6 heteroatoms. The molecule has 0 radical (unpaired) electrons. The van der Waals surface area contributed by atoms with Gasteiger partial charge in [-0.2, -0.15) is 5.10 Å². The highest BCUT2D eigenvalue weighted by Gasteiger charge is 2.22. The Morgan fingerprint density at radius 3 is 2.87 bits per heavy atom. The summed E-state index contributed by atoms with van der Waals surface area (Å²) in [6.45, 7) is 5.69. The zero-order chi connectivity index (χ0) is 15.9. The van der Waals surface area contributed by atoms with Crippen molar-refractivity contribution in [3.63, 3.8) is 0 Å². The first-order valence-corrected chi connectivity index (χ1v) is 8.87. The van der Waals surface area contributed by atoms with Crippen LogP contribution in [0.3, 0.4) is 0 Å². The summed E-state index contributed by atoms with van der Waals surface area (Å²) in [7, 11) is 0. The zero-order valence-corrected chi connectivity index (χ0v) is 13.8. The molecule has 0 aliphatic carbocycles. The molecule has 130 valence electrons. The number of β-amino-alcohol motifs (C(OH)–C–C–N with tert-alkyl or cyclic N) is 1. The van der Waals surface area contributed by atoms with Crippen molar-refractivity contribution in [3.05, 3.63) is 18.5 Å². The van der Waals surface area contributed by atoms with Crippen LogP contribution in [0.15, 0.2) is 18.5 Å². The first kappa shape index (κ1) is 16.9. The molecule has 2 fully saturated rings. The number of aromatic nitrogens is 2. The molecule has 3 heterocycles. The molecular weight excluding hydrogens is 294 g/mol. The predicted molar refractivity (Wildman–Crippen MR) is 87.2 cm³/mol. The Balaban J connectivity index is 1.27. The minimum absolute atomic E-state index is 0.236. The van der Waals surface area contributed by atoms with Crippen molar-refractivity contribution >= 4 is 0 Å². The lowest BCUT2D eigenvalue weighted by Crippen LogP contribution is -2.41. The third-order valence-electron chi connectivity index (χ3n) is 4.82. The minimum atomic E-state index is -0.404. The van der Waals surface area contributed by atoms with Gasteiger partial charge in [-0.1, -0.05) is 0 Å². The fourth-order valence-corrected chi connectivity index (χ4v) is 3.49. The zero-order valence-electron chi connectivity index (χ0n) is 13.8. The van der Waals surface area contributed by atoms with Crippen molar-refractivity contribution < 1.29 is 14.6 Å². The van der Waals surface area contributed by atoms with Gasteiger partial charge >= 0.3 is 0 Å². The standard InChI is InChI=1S/C17H29N3O3/c21-16(13-22-14-17-3-1-10-23-17)12-19-8-4-15(5-9-19)11-20-7-2-6-18-20/h2,6-7,15-17,21H,1,3-5,8-14H2/t16-,17-/m0/s1. The molecule has 23 heavy (non-hydrogen) atoms. The van der Waals surface area contributed by atoms with Crippen LogP contribution in [-0.4, -0.2) is 71.4 Å². The van der Waals surface area contributed by atoms with Gasteiger partial charge in [0.05, 0.1) is 25.4 Å². The van der Waals surface area contributed by atoms with Crippen LogP contribution in [0.2, 0.25) is 0 Å². The van der Waals surface area contributed by atoms with Gasteiger partial charge in [0.2, 0.25) is 0 Å². The molecule has 0 aromatic carbocycles. The third kappa shape index (κ3) is 5.57. The number of ether oxygens (including phenoxy) is 2. The van der Waals surface area contributed by atoms with E-state index in [1.807, 2.05) is 23.1 Å². The molecule has 0 spiro atoms. The van der Waals surface area contributed by atoms with E-state index < -0.39 is 6.10 Å². The predicted octanol–water partition coefficient (Wildman–Crippen LogP) is 1.15. The quantitative estimate of drug-likeness (QED) is 0.778. The third-order valence-corrected chi connectivity index (χ3v) is 4.82. The molecule has 6 nitrogen and oxygen atoms in total. The monoisotopic (exact) mass is 323 g/mol. The molecule has 3 rings (SSSR count). The van der Waals surface area contributed by atoms with Crippen molar-refractivity contribution in [2.45, 2.75) is 44.4 Å². The van der Waals surface area contributed by atoms with Gasteiger partial charge in [0.25, 0.3) is 0 Å². The molecule has 2 atom stereocenters. The molecule has 0 unspecified atom stereocenters. The fourth-order valence-electron chi connectivity index (χ4n) is 3.49. The number of aliphatic hydroxyl groups is 1. The summed E-state index contributed by atoms with van der Waals surface area (Å²) in [5, 5.41) is 14.4. The number of piperidine rings is 1. The van der Waals surface area contributed by atoms with Gasteiger partial charge in [0.1, 0.15) is 0 Å². The van der Waals surface area contributed by atoms with Crippen LogP contribution in [0.25, 0.3) is 0 Å². The average molecular weight is 323 g/mol. The van der Waals surface area contributed by atoms with E-state index in [9.17, 15) is 5.11 Å². The number of hydrogen-bond donors (Lipinski definition) is 1. The highest BCUT2D eigenvalue weighted by Crippen LogP contribution is 2.19.